The van der Waals surface area contributed by atoms with Gasteiger partial charge in [0.1, 0.15) is 10.6 Å². The molecule has 1 aliphatic heterocycles. The monoisotopic (exact) mass is 437 g/mol. The molecular formula is C18H20ClN5O4S. The fourth-order valence-corrected chi connectivity index (χ4v) is 5.28. The molecule has 154 valence electrons. The van der Waals surface area contributed by atoms with Crippen molar-refractivity contribution < 1.29 is 17.4 Å². The first kappa shape index (κ1) is 20.0. The first-order valence-corrected chi connectivity index (χ1v) is 10.9. The molecule has 0 saturated carbocycles. The van der Waals surface area contributed by atoms with Crippen LogP contribution in [0.15, 0.2) is 38.1 Å². The third kappa shape index (κ3) is 3.93. The van der Waals surface area contributed by atoms with E-state index in [0.717, 1.165) is 0 Å². The van der Waals surface area contributed by atoms with Gasteiger partial charge in [0.25, 0.3) is 0 Å². The molecule has 0 radical (unpaired) electrons. The number of rotatable bonds is 5. The normalized spacial score (nSPS) is 16.4. The first-order chi connectivity index (χ1) is 13.9. The van der Waals surface area contributed by atoms with E-state index in [-0.39, 0.29) is 4.90 Å². The van der Waals surface area contributed by atoms with Crippen molar-refractivity contribution in [2.75, 3.05) is 26.2 Å². The summed E-state index contributed by atoms with van der Waals surface area (Å²) in [5, 5.41) is 12.5. The number of aromatic nitrogens is 3. The van der Waals surface area contributed by atoms with Gasteiger partial charge >= 0.3 is 0 Å². The molecule has 1 aromatic carbocycles. The predicted molar refractivity (Wildman–Crippen MR) is 105 cm³/mol. The van der Waals surface area contributed by atoms with Crippen LogP contribution in [0.1, 0.15) is 17.3 Å². The molecule has 1 saturated heterocycles. The summed E-state index contributed by atoms with van der Waals surface area (Å²) in [4.78, 5) is 2.23. The molecular weight excluding hydrogens is 418 g/mol. The number of hydrogen-bond acceptors (Lipinski definition) is 8. The zero-order valence-corrected chi connectivity index (χ0v) is 17.6. The molecule has 3 aromatic rings. The standard InChI is InChI=1S/C18H20ClN5O4S/c1-12-17(13(2)28-22-12)29(25,26)24-9-7-23(8-10-24)11-16-20-21-18(27-16)14-5-3-4-6-15(14)19/h3-6H,7-11H2,1-2H3. The fourth-order valence-electron chi connectivity index (χ4n) is 3.35. The number of hydrogen-bond donors (Lipinski definition) is 0. The number of nitrogens with zero attached hydrogens (tertiary/aromatic N) is 5. The van der Waals surface area contributed by atoms with Gasteiger partial charge in [0.2, 0.25) is 21.8 Å². The number of sulfonamides is 1. The van der Waals surface area contributed by atoms with Crippen LogP contribution in [0, 0.1) is 13.8 Å². The van der Waals surface area contributed by atoms with Crippen LogP contribution < -0.4 is 0 Å². The van der Waals surface area contributed by atoms with Crippen LogP contribution in [-0.2, 0) is 16.6 Å². The van der Waals surface area contributed by atoms with Crippen LogP contribution in [0.2, 0.25) is 5.02 Å². The van der Waals surface area contributed by atoms with Gasteiger partial charge < -0.3 is 8.94 Å². The Kier molecular flexibility index (Phi) is 5.43. The van der Waals surface area contributed by atoms with E-state index in [1.54, 1.807) is 19.9 Å². The van der Waals surface area contributed by atoms with E-state index in [1.165, 1.54) is 4.31 Å². The van der Waals surface area contributed by atoms with Crippen LogP contribution in [0.4, 0.5) is 0 Å². The highest BCUT2D eigenvalue weighted by Gasteiger charge is 2.33. The minimum absolute atomic E-state index is 0.159. The summed E-state index contributed by atoms with van der Waals surface area (Å²) in [6, 6.07) is 7.26. The molecule has 29 heavy (non-hydrogen) atoms. The molecule has 0 N–H and O–H groups in total. The molecule has 2 aromatic heterocycles. The lowest BCUT2D eigenvalue weighted by Gasteiger charge is -2.33. The summed E-state index contributed by atoms with van der Waals surface area (Å²) >= 11 is 6.17. The average molecular weight is 438 g/mol. The van der Waals surface area contributed by atoms with Crippen LogP contribution >= 0.6 is 11.6 Å². The zero-order valence-electron chi connectivity index (χ0n) is 16.0. The lowest BCUT2D eigenvalue weighted by molar-refractivity contribution is 0.168. The van der Waals surface area contributed by atoms with Gasteiger partial charge in [0.15, 0.2) is 5.76 Å². The minimum atomic E-state index is -3.63. The second kappa shape index (κ2) is 7.86. The molecule has 0 amide bonds. The summed E-state index contributed by atoms with van der Waals surface area (Å²) < 4.78 is 38.0. The number of halogens is 1. The van der Waals surface area contributed by atoms with Crippen molar-refractivity contribution in [2.24, 2.45) is 0 Å². The Hall–Kier alpha value is -2.27. The molecule has 0 unspecified atom stereocenters. The van der Waals surface area contributed by atoms with Crippen molar-refractivity contribution in [1.29, 1.82) is 0 Å². The summed E-state index contributed by atoms with van der Waals surface area (Å²) in [5.41, 5.74) is 1.06. The number of benzene rings is 1. The van der Waals surface area contributed by atoms with E-state index in [4.69, 9.17) is 20.5 Å². The maximum absolute atomic E-state index is 12.9. The Morgan fingerprint density at radius 3 is 2.48 bits per heavy atom. The van der Waals surface area contributed by atoms with Gasteiger partial charge in [-0.05, 0) is 26.0 Å². The van der Waals surface area contributed by atoms with Crippen molar-refractivity contribution in [3.05, 3.63) is 46.6 Å². The van der Waals surface area contributed by atoms with Crippen molar-refractivity contribution in [1.82, 2.24) is 24.6 Å². The highest BCUT2D eigenvalue weighted by atomic mass is 35.5. The highest BCUT2D eigenvalue weighted by molar-refractivity contribution is 7.89. The summed E-state index contributed by atoms with van der Waals surface area (Å²) in [5.74, 6) is 1.13. The molecule has 0 aliphatic carbocycles. The molecule has 0 bridgehead atoms. The molecule has 4 rings (SSSR count). The van der Waals surface area contributed by atoms with Crippen LogP contribution in [-0.4, -0.2) is 59.2 Å². The summed E-state index contributed by atoms with van der Waals surface area (Å²) in [7, 11) is -3.63. The average Bonchev–Trinajstić information content (AvgIpc) is 3.29. The largest absolute Gasteiger partial charge is 0.419 e. The van der Waals surface area contributed by atoms with Gasteiger partial charge in [0, 0.05) is 26.2 Å². The van der Waals surface area contributed by atoms with E-state index in [9.17, 15) is 8.42 Å². The second-order valence-corrected chi connectivity index (χ2v) is 9.10. The van der Waals surface area contributed by atoms with Gasteiger partial charge in [-0.15, -0.1) is 10.2 Å². The Labute approximate surface area is 173 Å². The molecule has 11 heteroatoms. The van der Waals surface area contributed by atoms with E-state index in [0.29, 0.717) is 66.5 Å². The van der Waals surface area contributed by atoms with E-state index in [2.05, 4.69) is 20.3 Å². The van der Waals surface area contributed by atoms with Gasteiger partial charge in [-0.25, -0.2) is 8.42 Å². The second-order valence-electron chi connectivity index (χ2n) is 6.81. The van der Waals surface area contributed by atoms with Gasteiger partial charge in [-0.3, -0.25) is 4.90 Å². The number of aryl methyl sites for hydroxylation is 2. The Bertz CT molecular complexity index is 1100. The zero-order chi connectivity index (χ0) is 20.6. The Morgan fingerprint density at radius 1 is 1.10 bits per heavy atom. The minimum Gasteiger partial charge on any atom is -0.419 e. The maximum atomic E-state index is 12.9. The highest BCUT2D eigenvalue weighted by Crippen LogP contribution is 2.27. The fraction of sp³-hybridized carbons (Fsp3) is 0.389. The van der Waals surface area contributed by atoms with Crippen molar-refractivity contribution >= 4 is 21.6 Å². The lowest BCUT2D eigenvalue weighted by atomic mass is 10.2. The Morgan fingerprint density at radius 2 is 1.83 bits per heavy atom. The van der Waals surface area contributed by atoms with Crippen LogP contribution in [0.25, 0.3) is 11.5 Å². The number of piperazine rings is 1. The van der Waals surface area contributed by atoms with Crippen molar-refractivity contribution in [3.63, 3.8) is 0 Å². The summed E-state index contributed by atoms with van der Waals surface area (Å²) in [6.45, 7) is 5.49. The van der Waals surface area contributed by atoms with Crippen LogP contribution in [0.3, 0.4) is 0 Å². The summed E-state index contributed by atoms with van der Waals surface area (Å²) in [6.07, 6.45) is 0. The maximum Gasteiger partial charge on any atom is 0.249 e. The van der Waals surface area contributed by atoms with Gasteiger partial charge in [0.05, 0.1) is 17.1 Å². The predicted octanol–water partition coefficient (Wildman–Crippen LogP) is 2.50. The van der Waals surface area contributed by atoms with E-state index >= 15 is 0 Å². The van der Waals surface area contributed by atoms with Gasteiger partial charge in [-0.1, -0.05) is 28.9 Å². The quantitative estimate of drug-likeness (QED) is 0.599. The van der Waals surface area contributed by atoms with Crippen molar-refractivity contribution in [3.8, 4) is 11.5 Å². The third-order valence-electron chi connectivity index (χ3n) is 4.83. The first-order valence-electron chi connectivity index (χ1n) is 9.09. The molecule has 1 fully saturated rings. The SMILES string of the molecule is Cc1noc(C)c1S(=O)(=O)N1CCN(Cc2nnc(-c3ccccc3Cl)o2)CC1. The Balaban J connectivity index is 1.40. The van der Waals surface area contributed by atoms with Crippen molar-refractivity contribution in [2.45, 2.75) is 25.3 Å². The molecule has 3 heterocycles. The lowest BCUT2D eigenvalue weighted by Crippen LogP contribution is -2.48. The molecule has 1 aliphatic rings. The third-order valence-corrected chi connectivity index (χ3v) is 7.30. The van der Waals surface area contributed by atoms with Crippen LogP contribution in [0.5, 0.6) is 0 Å². The molecule has 0 spiro atoms. The van der Waals surface area contributed by atoms with Gasteiger partial charge in [-0.2, -0.15) is 4.31 Å². The van der Waals surface area contributed by atoms with E-state index < -0.39 is 10.0 Å². The topological polar surface area (TPSA) is 106 Å². The molecule has 9 nitrogen and oxygen atoms in total. The smallest absolute Gasteiger partial charge is 0.249 e. The van der Waals surface area contributed by atoms with E-state index in [1.807, 2.05) is 18.2 Å². The molecule has 0 atom stereocenters.